The zero-order valence-corrected chi connectivity index (χ0v) is 18.1. The van der Waals surface area contributed by atoms with E-state index in [2.05, 4.69) is 28.7 Å². The van der Waals surface area contributed by atoms with Crippen molar-refractivity contribution in [2.45, 2.75) is 52.4 Å². The van der Waals surface area contributed by atoms with E-state index in [4.69, 9.17) is 19.2 Å². The smallest absolute Gasteiger partial charge is 0.235 e. The Bertz CT molecular complexity index is 1070. The summed E-state index contributed by atoms with van der Waals surface area (Å²) in [5.41, 5.74) is 3.20. The topological polar surface area (TPSA) is 69.6 Å². The first kappa shape index (κ1) is 19.0. The first-order valence-corrected chi connectivity index (χ1v) is 11.0. The van der Waals surface area contributed by atoms with Crippen molar-refractivity contribution in [2.75, 3.05) is 31.2 Å². The van der Waals surface area contributed by atoms with E-state index in [0.717, 1.165) is 59.0 Å². The van der Waals surface area contributed by atoms with Crippen LogP contribution in [0.5, 0.6) is 5.88 Å². The van der Waals surface area contributed by atoms with Crippen LogP contribution in [0, 0.1) is 0 Å². The largest absolute Gasteiger partial charge is 0.474 e. The molecule has 3 aromatic heterocycles. The minimum Gasteiger partial charge on any atom is -0.474 e. The van der Waals surface area contributed by atoms with Crippen molar-refractivity contribution >= 4 is 37.6 Å². The highest BCUT2D eigenvalue weighted by Gasteiger charge is 2.33. The van der Waals surface area contributed by atoms with Gasteiger partial charge in [-0.15, -0.1) is 11.3 Å². The van der Waals surface area contributed by atoms with Crippen LogP contribution in [0.25, 0.3) is 20.4 Å². The minimum atomic E-state index is -0.220. The molecule has 0 aliphatic carbocycles. The molecule has 29 heavy (non-hydrogen) atoms. The van der Waals surface area contributed by atoms with Crippen molar-refractivity contribution in [3.8, 4) is 5.88 Å². The molecule has 2 aliphatic heterocycles. The number of aromatic nitrogens is 3. The van der Waals surface area contributed by atoms with Gasteiger partial charge in [0.25, 0.3) is 0 Å². The summed E-state index contributed by atoms with van der Waals surface area (Å²) in [6.07, 6.45) is 2.48. The normalized spacial score (nSPS) is 19.1. The number of anilines is 1. The third kappa shape index (κ3) is 3.33. The van der Waals surface area contributed by atoms with E-state index < -0.39 is 0 Å². The highest BCUT2D eigenvalue weighted by Crippen LogP contribution is 2.44. The molecule has 0 bridgehead atoms. The van der Waals surface area contributed by atoms with Crippen molar-refractivity contribution in [2.24, 2.45) is 0 Å². The highest BCUT2D eigenvalue weighted by molar-refractivity contribution is 7.25. The number of morpholine rings is 1. The molecule has 5 rings (SSSR count). The van der Waals surface area contributed by atoms with Gasteiger partial charge in [0, 0.05) is 30.5 Å². The molecule has 0 radical (unpaired) electrons. The summed E-state index contributed by atoms with van der Waals surface area (Å²) >= 11 is 1.62. The first-order chi connectivity index (χ1) is 13.9. The molecule has 3 aromatic rings. The lowest BCUT2D eigenvalue weighted by Gasteiger charge is -2.36. The van der Waals surface area contributed by atoms with Crippen molar-refractivity contribution in [3.05, 3.63) is 17.5 Å². The maximum absolute atomic E-state index is 6.19. The van der Waals surface area contributed by atoms with E-state index in [9.17, 15) is 0 Å². The molecule has 1 saturated heterocycles. The predicted molar refractivity (Wildman–Crippen MR) is 114 cm³/mol. The van der Waals surface area contributed by atoms with E-state index in [1.54, 1.807) is 17.7 Å². The maximum Gasteiger partial charge on any atom is 0.235 e. The van der Waals surface area contributed by atoms with Gasteiger partial charge in [0.2, 0.25) is 5.88 Å². The molecule has 154 valence electrons. The standard InChI is InChI=1S/C21H26N4O3S/c1-12(2)28-19-17-16(22-11-23-19)15-13-9-21(3,4)27-10-14(13)18(24-20(15)29-17)25-5-7-26-8-6-25/h11-12H,5-10H2,1-4H3. The van der Waals surface area contributed by atoms with E-state index in [0.29, 0.717) is 12.5 Å². The van der Waals surface area contributed by atoms with Crippen LogP contribution in [0.3, 0.4) is 0 Å². The van der Waals surface area contributed by atoms with Crippen molar-refractivity contribution in [3.63, 3.8) is 0 Å². The summed E-state index contributed by atoms with van der Waals surface area (Å²) in [4.78, 5) is 17.5. The predicted octanol–water partition coefficient (Wildman–Crippen LogP) is 3.71. The van der Waals surface area contributed by atoms with E-state index >= 15 is 0 Å². The van der Waals surface area contributed by atoms with Gasteiger partial charge in [-0.05, 0) is 33.3 Å². The third-order valence-corrected chi connectivity index (χ3v) is 6.49. The molecule has 5 heterocycles. The Hall–Kier alpha value is -2.03. The quantitative estimate of drug-likeness (QED) is 0.647. The van der Waals surface area contributed by atoms with E-state index in [-0.39, 0.29) is 11.7 Å². The van der Waals surface area contributed by atoms with Crippen molar-refractivity contribution < 1.29 is 14.2 Å². The van der Waals surface area contributed by atoms with Crippen LogP contribution < -0.4 is 9.64 Å². The monoisotopic (exact) mass is 414 g/mol. The zero-order chi connectivity index (χ0) is 20.2. The summed E-state index contributed by atoms with van der Waals surface area (Å²) in [5, 5.41) is 1.13. The molecule has 0 amide bonds. The Labute approximate surface area is 174 Å². The SMILES string of the molecule is CC(C)Oc1ncnc2c1sc1nc(N3CCOCC3)c3c(c12)CC(C)(C)OC3. The Morgan fingerprint density at radius 1 is 1.17 bits per heavy atom. The van der Waals surface area contributed by atoms with Gasteiger partial charge in [-0.2, -0.15) is 0 Å². The van der Waals surface area contributed by atoms with Gasteiger partial charge in [0.05, 0.1) is 37.0 Å². The lowest BCUT2D eigenvalue weighted by atomic mass is 9.90. The van der Waals surface area contributed by atoms with E-state index in [1.165, 1.54) is 11.1 Å². The Morgan fingerprint density at radius 2 is 1.97 bits per heavy atom. The molecule has 0 aromatic carbocycles. The zero-order valence-electron chi connectivity index (χ0n) is 17.3. The molecule has 0 saturated carbocycles. The van der Waals surface area contributed by atoms with Gasteiger partial charge >= 0.3 is 0 Å². The molecule has 0 spiro atoms. The van der Waals surface area contributed by atoms with Gasteiger partial charge in [0.1, 0.15) is 21.7 Å². The fraction of sp³-hybridized carbons (Fsp3) is 0.571. The summed E-state index contributed by atoms with van der Waals surface area (Å²) < 4.78 is 18.7. The molecule has 2 aliphatic rings. The average Bonchev–Trinajstić information content (AvgIpc) is 3.07. The number of hydrogen-bond acceptors (Lipinski definition) is 8. The second kappa shape index (κ2) is 7.04. The summed E-state index contributed by atoms with van der Waals surface area (Å²) in [7, 11) is 0. The Kier molecular flexibility index (Phi) is 4.60. The number of hydrogen-bond donors (Lipinski definition) is 0. The summed E-state index contributed by atoms with van der Waals surface area (Å²) in [5.74, 6) is 1.66. The van der Waals surface area contributed by atoms with Gasteiger partial charge in [-0.1, -0.05) is 0 Å². The number of rotatable bonds is 3. The van der Waals surface area contributed by atoms with Gasteiger partial charge in [0.15, 0.2) is 0 Å². The van der Waals surface area contributed by atoms with E-state index in [1.807, 2.05) is 13.8 Å². The molecule has 1 fully saturated rings. The minimum absolute atomic E-state index is 0.0523. The number of thiophene rings is 1. The van der Waals surface area contributed by atoms with Gasteiger partial charge < -0.3 is 19.1 Å². The van der Waals surface area contributed by atoms with Gasteiger partial charge in [-0.3, -0.25) is 0 Å². The third-order valence-electron chi connectivity index (χ3n) is 5.43. The van der Waals surface area contributed by atoms with Crippen LogP contribution in [-0.4, -0.2) is 53.0 Å². The van der Waals surface area contributed by atoms with Crippen LogP contribution in [-0.2, 0) is 22.5 Å². The van der Waals surface area contributed by atoms with Crippen LogP contribution in [0.2, 0.25) is 0 Å². The molecular formula is C21H26N4O3S. The fourth-order valence-corrected chi connectivity index (χ4v) is 5.20. The molecule has 8 heteroatoms. The Morgan fingerprint density at radius 3 is 2.72 bits per heavy atom. The highest BCUT2D eigenvalue weighted by atomic mass is 32.1. The number of pyridine rings is 1. The molecule has 7 nitrogen and oxygen atoms in total. The first-order valence-electron chi connectivity index (χ1n) is 10.2. The van der Waals surface area contributed by atoms with Crippen molar-refractivity contribution in [1.29, 1.82) is 0 Å². The molecule has 0 atom stereocenters. The Balaban J connectivity index is 1.77. The van der Waals surface area contributed by atoms with Gasteiger partial charge in [-0.25, -0.2) is 15.0 Å². The lowest BCUT2D eigenvalue weighted by Crippen LogP contribution is -2.39. The van der Waals surface area contributed by atoms with Crippen LogP contribution in [0.4, 0.5) is 5.82 Å². The number of fused-ring (bicyclic) bond motifs is 5. The van der Waals surface area contributed by atoms with Crippen LogP contribution >= 0.6 is 11.3 Å². The van der Waals surface area contributed by atoms with Crippen LogP contribution in [0.1, 0.15) is 38.8 Å². The maximum atomic E-state index is 6.19. The summed E-state index contributed by atoms with van der Waals surface area (Å²) in [6, 6.07) is 0. The van der Waals surface area contributed by atoms with Crippen LogP contribution in [0.15, 0.2) is 6.33 Å². The second-order valence-electron chi connectivity index (χ2n) is 8.52. The molecule has 0 unspecified atom stereocenters. The lowest BCUT2D eigenvalue weighted by molar-refractivity contribution is -0.0396. The van der Waals surface area contributed by atoms with Crippen molar-refractivity contribution in [1.82, 2.24) is 15.0 Å². The number of nitrogens with zero attached hydrogens (tertiary/aromatic N) is 4. The fourth-order valence-electron chi connectivity index (χ4n) is 4.11. The average molecular weight is 415 g/mol. The molecule has 0 N–H and O–H groups in total. The second-order valence-corrected chi connectivity index (χ2v) is 9.52. The molecular weight excluding hydrogens is 388 g/mol. The number of ether oxygens (including phenoxy) is 3. The summed E-state index contributed by atoms with van der Waals surface area (Å²) in [6.45, 7) is 12.0.